The van der Waals surface area contributed by atoms with Crippen molar-refractivity contribution >= 4 is 23.8 Å². The van der Waals surface area contributed by atoms with E-state index in [1.807, 2.05) is 42.5 Å². The van der Waals surface area contributed by atoms with Gasteiger partial charge in [0.2, 0.25) is 4.77 Å². The molecule has 3 rings (SSSR count). The van der Waals surface area contributed by atoms with E-state index in [0.29, 0.717) is 23.0 Å². The fourth-order valence-corrected chi connectivity index (χ4v) is 3.22. The van der Waals surface area contributed by atoms with Crippen LogP contribution in [0, 0.1) is 4.77 Å². The molecule has 0 amide bonds. The Morgan fingerprint density at radius 1 is 1.07 bits per heavy atom. The lowest BCUT2D eigenvalue weighted by Gasteiger charge is -2.15. The fraction of sp³-hybridized carbons (Fsp3) is 0.278. The second-order valence-electron chi connectivity index (χ2n) is 6.12. The molecule has 0 spiro atoms. The summed E-state index contributed by atoms with van der Waals surface area (Å²) in [4.78, 5) is 1.16. The highest BCUT2D eigenvalue weighted by molar-refractivity contribution is 7.71. The fourth-order valence-electron chi connectivity index (χ4n) is 2.78. The molecule has 142 valence electrons. The van der Waals surface area contributed by atoms with Gasteiger partial charge < -0.3 is 14.4 Å². The molecule has 0 aliphatic rings. The van der Waals surface area contributed by atoms with Crippen molar-refractivity contribution in [3.63, 3.8) is 0 Å². The van der Waals surface area contributed by atoms with E-state index in [0.717, 1.165) is 27.6 Å². The van der Waals surface area contributed by atoms with E-state index in [-0.39, 0.29) is 0 Å². The van der Waals surface area contributed by atoms with Gasteiger partial charge in [0.15, 0.2) is 6.67 Å². The molecule has 0 saturated heterocycles. The van der Waals surface area contributed by atoms with E-state index in [1.165, 1.54) is 0 Å². The molecule has 9 heteroatoms. The SMILES string of the molecule is COc1ccc(-n2nnn(C[NH+](C)Cc3cc(Cl)ccc3OC)c2=S)cc1. The maximum absolute atomic E-state index is 6.11. The van der Waals surface area contributed by atoms with Crippen LogP contribution in [0.15, 0.2) is 42.5 Å². The molecule has 3 aromatic rings. The Morgan fingerprint density at radius 3 is 2.48 bits per heavy atom. The van der Waals surface area contributed by atoms with E-state index < -0.39 is 0 Å². The average Bonchev–Trinajstić information content (AvgIpc) is 3.02. The Kier molecular flexibility index (Phi) is 6.10. The summed E-state index contributed by atoms with van der Waals surface area (Å²) >= 11 is 11.6. The van der Waals surface area contributed by atoms with E-state index in [2.05, 4.69) is 17.5 Å². The van der Waals surface area contributed by atoms with E-state index in [4.69, 9.17) is 33.3 Å². The Labute approximate surface area is 167 Å². The van der Waals surface area contributed by atoms with Crippen LogP contribution in [-0.4, -0.2) is 41.1 Å². The van der Waals surface area contributed by atoms with Gasteiger partial charge in [-0.15, -0.1) is 0 Å². The number of hydrogen-bond donors (Lipinski definition) is 1. The molecule has 0 bridgehead atoms. The summed E-state index contributed by atoms with van der Waals surface area (Å²) in [6.07, 6.45) is 0. The van der Waals surface area contributed by atoms with E-state index in [9.17, 15) is 0 Å². The molecule has 1 aromatic heterocycles. The molecule has 0 fully saturated rings. The monoisotopic (exact) mass is 406 g/mol. The van der Waals surface area contributed by atoms with Crippen LogP contribution in [0.1, 0.15) is 5.56 Å². The van der Waals surface area contributed by atoms with E-state index in [1.54, 1.807) is 23.6 Å². The van der Waals surface area contributed by atoms with Crippen molar-refractivity contribution in [1.82, 2.24) is 19.8 Å². The predicted molar refractivity (Wildman–Crippen MR) is 105 cm³/mol. The third-order valence-electron chi connectivity index (χ3n) is 4.11. The third kappa shape index (κ3) is 4.47. The van der Waals surface area contributed by atoms with Gasteiger partial charge >= 0.3 is 0 Å². The van der Waals surface area contributed by atoms with Crippen LogP contribution in [0.25, 0.3) is 5.69 Å². The number of quaternary nitrogens is 1. The van der Waals surface area contributed by atoms with Crippen molar-refractivity contribution < 1.29 is 14.4 Å². The third-order valence-corrected chi connectivity index (χ3v) is 4.73. The number of rotatable bonds is 7. The van der Waals surface area contributed by atoms with Crippen LogP contribution in [0.3, 0.4) is 0 Å². The Morgan fingerprint density at radius 2 is 1.81 bits per heavy atom. The quantitative estimate of drug-likeness (QED) is 0.609. The average molecular weight is 407 g/mol. The summed E-state index contributed by atoms with van der Waals surface area (Å²) in [6, 6.07) is 13.1. The number of halogens is 1. The van der Waals surface area contributed by atoms with E-state index >= 15 is 0 Å². The normalized spacial score (nSPS) is 12.0. The standard InChI is InChI=1S/C18H20ClN5O2S/c1-22(11-13-10-14(19)4-9-17(13)26-3)12-23-18(27)24(21-20-23)15-5-7-16(25-2)8-6-15/h4-10H,11-12H2,1-3H3/p+1. The highest BCUT2D eigenvalue weighted by Crippen LogP contribution is 2.21. The molecule has 7 nitrogen and oxygen atoms in total. The van der Waals surface area contributed by atoms with Crippen LogP contribution < -0.4 is 14.4 Å². The zero-order valence-corrected chi connectivity index (χ0v) is 16.9. The van der Waals surface area contributed by atoms with Crippen molar-refractivity contribution in [2.75, 3.05) is 21.3 Å². The summed E-state index contributed by atoms with van der Waals surface area (Å²) in [7, 11) is 5.33. The van der Waals surface area contributed by atoms with Gasteiger partial charge in [-0.3, -0.25) is 0 Å². The molecule has 0 aliphatic carbocycles. The van der Waals surface area contributed by atoms with Gasteiger partial charge in [0.25, 0.3) is 0 Å². The molecule has 0 aliphatic heterocycles. The Bertz CT molecular complexity index is 971. The van der Waals surface area contributed by atoms with Crippen molar-refractivity contribution in [2.24, 2.45) is 0 Å². The maximum Gasteiger partial charge on any atom is 0.225 e. The Balaban J connectivity index is 1.75. The van der Waals surface area contributed by atoms with Gasteiger partial charge in [0, 0.05) is 10.6 Å². The van der Waals surface area contributed by atoms with Crippen molar-refractivity contribution in [3.8, 4) is 17.2 Å². The highest BCUT2D eigenvalue weighted by atomic mass is 35.5. The number of methoxy groups -OCH3 is 2. The van der Waals surface area contributed by atoms with Crippen molar-refractivity contribution in [3.05, 3.63) is 57.8 Å². The van der Waals surface area contributed by atoms with Gasteiger partial charge in [-0.25, -0.2) is 0 Å². The minimum atomic E-state index is 0.526. The lowest BCUT2D eigenvalue weighted by atomic mass is 10.2. The van der Waals surface area contributed by atoms with Crippen LogP contribution >= 0.6 is 23.8 Å². The molecule has 1 N–H and O–H groups in total. The van der Waals surface area contributed by atoms with Gasteiger partial charge in [0.1, 0.15) is 18.0 Å². The van der Waals surface area contributed by atoms with Gasteiger partial charge in [-0.1, -0.05) is 11.6 Å². The van der Waals surface area contributed by atoms with Gasteiger partial charge in [0.05, 0.1) is 27.0 Å². The largest absolute Gasteiger partial charge is 0.497 e. The topological polar surface area (TPSA) is 58.5 Å². The number of ether oxygens (including phenoxy) is 2. The van der Waals surface area contributed by atoms with Crippen LogP contribution in [0.2, 0.25) is 5.02 Å². The summed E-state index contributed by atoms with van der Waals surface area (Å²) in [6.45, 7) is 1.27. The summed E-state index contributed by atoms with van der Waals surface area (Å²) in [5, 5.41) is 9.05. The molecular formula is C18H21ClN5O2S+. The van der Waals surface area contributed by atoms with Crippen LogP contribution in [0.4, 0.5) is 0 Å². The molecule has 1 atom stereocenters. The lowest BCUT2D eigenvalue weighted by Crippen LogP contribution is -3.07. The minimum absolute atomic E-state index is 0.526. The van der Waals surface area contributed by atoms with Crippen molar-refractivity contribution in [2.45, 2.75) is 13.2 Å². The van der Waals surface area contributed by atoms with Crippen molar-refractivity contribution in [1.29, 1.82) is 0 Å². The highest BCUT2D eigenvalue weighted by Gasteiger charge is 2.13. The first-order valence-electron chi connectivity index (χ1n) is 8.32. The molecular weight excluding hydrogens is 386 g/mol. The number of tetrazole rings is 1. The second kappa shape index (κ2) is 8.51. The summed E-state index contributed by atoms with van der Waals surface area (Å²) < 4.78 is 14.4. The number of hydrogen-bond acceptors (Lipinski definition) is 5. The van der Waals surface area contributed by atoms with Crippen LogP contribution in [-0.2, 0) is 13.2 Å². The number of benzene rings is 2. The zero-order valence-electron chi connectivity index (χ0n) is 15.3. The number of nitrogens with one attached hydrogen (secondary N) is 1. The smallest absolute Gasteiger partial charge is 0.225 e. The summed E-state index contributed by atoms with van der Waals surface area (Å²) in [5.41, 5.74) is 1.86. The molecule has 1 unspecified atom stereocenters. The molecule has 0 radical (unpaired) electrons. The second-order valence-corrected chi connectivity index (χ2v) is 6.92. The molecule has 1 heterocycles. The zero-order chi connectivity index (χ0) is 19.4. The first-order chi connectivity index (χ1) is 13.0. The van der Waals surface area contributed by atoms with Gasteiger partial charge in [-0.05, 0) is 65.1 Å². The first kappa shape index (κ1) is 19.3. The van der Waals surface area contributed by atoms with Crippen LogP contribution in [0.5, 0.6) is 11.5 Å². The lowest BCUT2D eigenvalue weighted by molar-refractivity contribution is -0.917. The first-order valence-corrected chi connectivity index (χ1v) is 9.11. The molecule has 2 aromatic carbocycles. The number of aromatic nitrogens is 4. The number of nitrogens with zero attached hydrogens (tertiary/aromatic N) is 4. The minimum Gasteiger partial charge on any atom is -0.497 e. The molecule has 27 heavy (non-hydrogen) atoms. The Hall–Kier alpha value is -2.42. The molecule has 0 saturated carbocycles. The van der Waals surface area contributed by atoms with Gasteiger partial charge in [-0.2, -0.15) is 9.36 Å². The maximum atomic E-state index is 6.11. The predicted octanol–water partition coefficient (Wildman–Crippen LogP) is 2.14. The summed E-state index contributed by atoms with van der Waals surface area (Å²) in [5.74, 6) is 1.58.